The van der Waals surface area contributed by atoms with Crippen molar-refractivity contribution in [3.05, 3.63) is 34.0 Å². The second kappa shape index (κ2) is 6.95. The summed E-state index contributed by atoms with van der Waals surface area (Å²) in [4.78, 5) is 17.5. The highest BCUT2D eigenvalue weighted by atomic mass is 32.1. The molecule has 0 fully saturated rings. The van der Waals surface area contributed by atoms with Crippen LogP contribution in [0.15, 0.2) is 17.8 Å². The van der Waals surface area contributed by atoms with Crippen LogP contribution in [0.1, 0.15) is 36.0 Å². The molecule has 0 atom stereocenters. The molecule has 0 unspecified atom stereocenters. The van der Waals surface area contributed by atoms with E-state index in [1.807, 2.05) is 31.4 Å². The first-order valence-electron chi connectivity index (χ1n) is 7.06. The van der Waals surface area contributed by atoms with Crippen molar-refractivity contribution in [2.75, 3.05) is 26.0 Å². The van der Waals surface area contributed by atoms with Gasteiger partial charge in [-0.25, -0.2) is 15.0 Å². The van der Waals surface area contributed by atoms with Crippen molar-refractivity contribution in [3.8, 4) is 0 Å². The molecule has 2 heterocycles. The summed E-state index contributed by atoms with van der Waals surface area (Å²) < 4.78 is 0. The fourth-order valence-corrected chi connectivity index (χ4v) is 2.79. The average Bonchev–Trinajstić information content (AvgIpc) is 2.87. The minimum atomic E-state index is 0.501. The molecule has 0 saturated carbocycles. The zero-order valence-electron chi connectivity index (χ0n) is 13.4. The molecule has 6 heteroatoms. The lowest BCUT2D eigenvalue weighted by Gasteiger charge is -2.16. The van der Waals surface area contributed by atoms with Crippen molar-refractivity contribution in [1.29, 1.82) is 0 Å². The second-order valence-corrected chi connectivity index (χ2v) is 6.68. The molecule has 2 rings (SSSR count). The van der Waals surface area contributed by atoms with E-state index >= 15 is 0 Å². The number of hydrogen-bond acceptors (Lipinski definition) is 6. The molecule has 0 aromatic carbocycles. The Balaban J connectivity index is 1.92. The number of thiazole rings is 1. The van der Waals surface area contributed by atoms with Crippen molar-refractivity contribution in [2.24, 2.45) is 0 Å². The highest BCUT2D eigenvalue weighted by Crippen LogP contribution is 2.20. The normalized spacial score (nSPS) is 11.4. The van der Waals surface area contributed by atoms with Crippen LogP contribution in [0.25, 0.3) is 0 Å². The maximum absolute atomic E-state index is 4.67. The van der Waals surface area contributed by atoms with Crippen molar-refractivity contribution in [2.45, 2.75) is 32.9 Å². The topological polar surface area (TPSA) is 45.2 Å². The third-order valence-electron chi connectivity index (χ3n) is 3.04. The summed E-state index contributed by atoms with van der Waals surface area (Å²) in [5.41, 5.74) is 2.25. The van der Waals surface area contributed by atoms with E-state index in [1.165, 1.54) is 5.01 Å². The van der Waals surface area contributed by atoms with Crippen molar-refractivity contribution < 1.29 is 0 Å². The van der Waals surface area contributed by atoms with Gasteiger partial charge in [0.2, 0.25) is 5.95 Å². The molecule has 0 bridgehead atoms. The lowest BCUT2D eigenvalue weighted by Crippen LogP contribution is -2.18. The van der Waals surface area contributed by atoms with E-state index in [2.05, 4.69) is 46.1 Å². The quantitative estimate of drug-likeness (QED) is 0.821. The Morgan fingerprint density at radius 1 is 1.10 bits per heavy atom. The predicted molar refractivity (Wildman–Crippen MR) is 87.7 cm³/mol. The van der Waals surface area contributed by atoms with Crippen LogP contribution in [-0.2, 0) is 13.1 Å². The summed E-state index contributed by atoms with van der Waals surface area (Å²) in [6.45, 7) is 6.02. The maximum Gasteiger partial charge on any atom is 0.224 e. The molecule has 0 aliphatic rings. The summed E-state index contributed by atoms with van der Waals surface area (Å²) in [6.07, 6.45) is 3.78. The first kappa shape index (κ1) is 15.9. The van der Waals surface area contributed by atoms with Gasteiger partial charge in [0.05, 0.1) is 10.7 Å². The lowest BCUT2D eigenvalue weighted by atomic mass is 10.2. The number of aromatic nitrogens is 3. The number of hydrogen-bond donors (Lipinski definition) is 0. The Labute approximate surface area is 130 Å². The largest absolute Gasteiger partial charge is 0.347 e. The molecule has 0 aliphatic heterocycles. The van der Waals surface area contributed by atoms with Gasteiger partial charge < -0.3 is 4.90 Å². The molecular weight excluding hydrogens is 282 g/mol. The molecule has 2 aromatic rings. The lowest BCUT2D eigenvalue weighted by molar-refractivity contribution is 0.314. The molecule has 21 heavy (non-hydrogen) atoms. The Morgan fingerprint density at radius 2 is 1.76 bits per heavy atom. The second-order valence-electron chi connectivity index (χ2n) is 5.79. The molecule has 0 spiro atoms. The fraction of sp³-hybridized carbons (Fsp3) is 0.533. The van der Waals surface area contributed by atoms with Crippen LogP contribution in [0.5, 0.6) is 0 Å². The number of nitrogens with zero attached hydrogens (tertiary/aromatic N) is 5. The molecule has 114 valence electrons. The average molecular weight is 305 g/mol. The van der Waals surface area contributed by atoms with Crippen LogP contribution in [-0.4, -0.2) is 41.0 Å². The van der Waals surface area contributed by atoms with Gasteiger partial charge >= 0.3 is 0 Å². The van der Waals surface area contributed by atoms with E-state index < -0.39 is 0 Å². The third kappa shape index (κ3) is 4.47. The first-order valence-corrected chi connectivity index (χ1v) is 7.94. The van der Waals surface area contributed by atoms with E-state index in [0.29, 0.717) is 5.92 Å². The minimum Gasteiger partial charge on any atom is -0.347 e. The molecule has 2 aromatic heterocycles. The molecule has 0 radical (unpaired) electrons. The third-order valence-corrected chi connectivity index (χ3v) is 4.23. The van der Waals surface area contributed by atoms with Gasteiger partial charge in [0.15, 0.2) is 0 Å². The van der Waals surface area contributed by atoms with Gasteiger partial charge in [-0.15, -0.1) is 11.3 Å². The van der Waals surface area contributed by atoms with Gasteiger partial charge in [0.1, 0.15) is 0 Å². The van der Waals surface area contributed by atoms with Crippen LogP contribution < -0.4 is 4.90 Å². The Hall–Kier alpha value is -1.53. The summed E-state index contributed by atoms with van der Waals surface area (Å²) in [5.74, 6) is 1.24. The van der Waals surface area contributed by atoms with Crippen molar-refractivity contribution in [1.82, 2.24) is 19.9 Å². The molecule has 0 amide bonds. The minimum absolute atomic E-state index is 0.501. The van der Waals surface area contributed by atoms with E-state index in [1.54, 1.807) is 11.3 Å². The van der Waals surface area contributed by atoms with E-state index in [4.69, 9.17) is 0 Å². The Kier molecular flexibility index (Phi) is 5.25. The first-order chi connectivity index (χ1) is 9.95. The number of anilines is 1. The molecule has 5 nitrogen and oxygen atoms in total. The van der Waals surface area contributed by atoms with Crippen LogP contribution in [0.4, 0.5) is 5.95 Å². The molecule has 0 aliphatic carbocycles. The fourth-order valence-electron chi connectivity index (χ4n) is 1.97. The van der Waals surface area contributed by atoms with Crippen molar-refractivity contribution >= 4 is 17.3 Å². The van der Waals surface area contributed by atoms with E-state index in [9.17, 15) is 0 Å². The molecular formula is C15H23N5S. The van der Waals surface area contributed by atoms with Gasteiger partial charge in [0.25, 0.3) is 0 Å². The van der Waals surface area contributed by atoms with Gasteiger partial charge in [0, 0.05) is 56.4 Å². The SMILES string of the molecule is CC(C)c1nc(CN(C)Cc2cnc(N(C)C)nc2)cs1. The maximum atomic E-state index is 4.67. The van der Waals surface area contributed by atoms with Crippen LogP contribution in [0.3, 0.4) is 0 Å². The smallest absolute Gasteiger partial charge is 0.224 e. The van der Waals surface area contributed by atoms with Gasteiger partial charge in [-0.2, -0.15) is 0 Å². The van der Waals surface area contributed by atoms with E-state index in [0.717, 1.165) is 30.3 Å². The Morgan fingerprint density at radius 3 is 2.29 bits per heavy atom. The van der Waals surface area contributed by atoms with Gasteiger partial charge in [-0.05, 0) is 7.05 Å². The predicted octanol–water partition coefficient (Wildman–Crippen LogP) is 2.75. The summed E-state index contributed by atoms with van der Waals surface area (Å²) >= 11 is 1.74. The summed E-state index contributed by atoms with van der Waals surface area (Å²) in [5, 5.41) is 3.36. The highest BCUT2D eigenvalue weighted by Gasteiger charge is 2.09. The molecule has 0 saturated heterocycles. The highest BCUT2D eigenvalue weighted by molar-refractivity contribution is 7.09. The van der Waals surface area contributed by atoms with Crippen LogP contribution in [0, 0.1) is 0 Å². The molecule has 0 N–H and O–H groups in total. The zero-order chi connectivity index (χ0) is 15.4. The van der Waals surface area contributed by atoms with Crippen LogP contribution >= 0.6 is 11.3 Å². The van der Waals surface area contributed by atoms with Crippen molar-refractivity contribution in [3.63, 3.8) is 0 Å². The monoisotopic (exact) mass is 305 g/mol. The van der Waals surface area contributed by atoms with Gasteiger partial charge in [-0.1, -0.05) is 13.8 Å². The Bertz CT molecular complexity index is 562. The van der Waals surface area contributed by atoms with Gasteiger partial charge in [-0.3, -0.25) is 4.90 Å². The number of rotatable bonds is 6. The zero-order valence-corrected chi connectivity index (χ0v) is 14.2. The summed E-state index contributed by atoms with van der Waals surface area (Å²) in [6, 6.07) is 0. The summed E-state index contributed by atoms with van der Waals surface area (Å²) in [7, 11) is 5.97. The van der Waals surface area contributed by atoms with E-state index in [-0.39, 0.29) is 0 Å². The standard InChI is InChI=1S/C15H23N5S/c1-11(2)14-18-13(10-21-14)9-20(5)8-12-6-16-15(17-7-12)19(3)4/h6-7,10-11H,8-9H2,1-5H3. The van der Waals surface area contributed by atoms with Crippen LogP contribution in [0.2, 0.25) is 0 Å².